The van der Waals surface area contributed by atoms with E-state index in [9.17, 15) is 9.59 Å². The molecule has 0 atom stereocenters. The molecular formula is C10H18N2O3. The standard InChI is InChI=1S/C10H18N2O3/c1-7(2)12(6-9(13)14)10(15)11-8-4-3-5-8/h7-8H,3-6H2,1-2H3,(H,11,15)(H,13,14). The highest BCUT2D eigenvalue weighted by Crippen LogP contribution is 2.18. The van der Waals surface area contributed by atoms with E-state index in [2.05, 4.69) is 5.32 Å². The molecule has 1 rings (SSSR count). The maximum absolute atomic E-state index is 11.7. The average Bonchev–Trinajstić information content (AvgIpc) is 2.06. The Morgan fingerprint density at radius 2 is 2.07 bits per heavy atom. The number of nitrogens with zero attached hydrogens (tertiary/aromatic N) is 1. The topological polar surface area (TPSA) is 69.6 Å². The maximum Gasteiger partial charge on any atom is 0.323 e. The van der Waals surface area contributed by atoms with E-state index >= 15 is 0 Å². The van der Waals surface area contributed by atoms with Crippen LogP contribution in [0.4, 0.5) is 4.79 Å². The van der Waals surface area contributed by atoms with E-state index in [-0.39, 0.29) is 24.7 Å². The van der Waals surface area contributed by atoms with Gasteiger partial charge in [0.05, 0.1) is 0 Å². The Morgan fingerprint density at radius 3 is 2.40 bits per heavy atom. The summed E-state index contributed by atoms with van der Waals surface area (Å²) in [7, 11) is 0. The summed E-state index contributed by atoms with van der Waals surface area (Å²) in [5.74, 6) is -0.979. The van der Waals surface area contributed by atoms with Crippen molar-refractivity contribution in [3.05, 3.63) is 0 Å². The molecule has 0 aliphatic heterocycles. The molecule has 5 heteroatoms. The summed E-state index contributed by atoms with van der Waals surface area (Å²) >= 11 is 0. The molecule has 0 saturated heterocycles. The van der Waals surface area contributed by atoms with Gasteiger partial charge in [-0.3, -0.25) is 4.79 Å². The van der Waals surface area contributed by atoms with Gasteiger partial charge in [-0.2, -0.15) is 0 Å². The van der Waals surface area contributed by atoms with Crippen molar-refractivity contribution in [2.75, 3.05) is 6.54 Å². The molecule has 0 aromatic carbocycles. The van der Waals surface area contributed by atoms with E-state index in [1.54, 1.807) is 0 Å². The van der Waals surface area contributed by atoms with E-state index in [1.165, 1.54) is 4.90 Å². The zero-order valence-electron chi connectivity index (χ0n) is 9.19. The second kappa shape index (κ2) is 5.00. The van der Waals surface area contributed by atoms with Gasteiger partial charge in [-0.15, -0.1) is 0 Å². The molecule has 2 N–H and O–H groups in total. The lowest BCUT2D eigenvalue weighted by atomic mass is 9.93. The summed E-state index contributed by atoms with van der Waals surface area (Å²) in [6.45, 7) is 3.38. The number of nitrogens with one attached hydrogen (secondary N) is 1. The molecule has 1 fully saturated rings. The van der Waals surface area contributed by atoms with Gasteiger partial charge in [-0.25, -0.2) is 4.79 Å². The van der Waals surface area contributed by atoms with Crippen molar-refractivity contribution < 1.29 is 14.7 Å². The lowest BCUT2D eigenvalue weighted by molar-refractivity contribution is -0.138. The van der Waals surface area contributed by atoms with Crippen LogP contribution in [0.1, 0.15) is 33.1 Å². The number of urea groups is 1. The van der Waals surface area contributed by atoms with Crippen LogP contribution in [0.2, 0.25) is 0 Å². The van der Waals surface area contributed by atoms with Gasteiger partial charge >= 0.3 is 12.0 Å². The van der Waals surface area contributed by atoms with Crippen LogP contribution in [0.5, 0.6) is 0 Å². The summed E-state index contributed by atoms with van der Waals surface area (Å²) in [5, 5.41) is 11.5. The second-order valence-electron chi connectivity index (χ2n) is 4.19. The number of carbonyl (C=O) groups excluding carboxylic acids is 1. The minimum atomic E-state index is -0.979. The molecule has 0 spiro atoms. The van der Waals surface area contributed by atoms with E-state index in [0.29, 0.717) is 0 Å². The molecule has 1 aliphatic carbocycles. The summed E-state index contributed by atoms with van der Waals surface area (Å²) in [6.07, 6.45) is 3.15. The van der Waals surface area contributed by atoms with Crippen LogP contribution in [-0.2, 0) is 4.79 Å². The molecule has 2 amide bonds. The third kappa shape index (κ3) is 3.42. The van der Waals surface area contributed by atoms with Crippen molar-refractivity contribution in [2.24, 2.45) is 0 Å². The fourth-order valence-electron chi connectivity index (χ4n) is 1.44. The summed E-state index contributed by atoms with van der Waals surface area (Å²) in [6, 6.07) is -0.120. The number of hydrogen-bond acceptors (Lipinski definition) is 2. The number of carbonyl (C=O) groups is 2. The van der Waals surface area contributed by atoms with Crippen LogP contribution in [0.15, 0.2) is 0 Å². The first-order chi connectivity index (χ1) is 7.00. The average molecular weight is 214 g/mol. The highest BCUT2D eigenvalue weighted by atomic mass is 16.4. The second-order valence-corrected chi connectivity index (χ2v) is 4.19. The predicted octanol–water partition coefficient (Wildman–Crippen LogP) is 1.04. The number of aliphatic carboxylic acids is 1. The molecule has 0 radical (unpaired) electrons. The molecule has 0 heterocycles. The van der Waals surface area contributed by atoms with E-state index in [4.69, 9.17) is 5.11 Å². The molecule has 1 aliphatic rings. The van der Waals surface area contributed by atoms with Gasteiger partial charge in [0.2, 0.25) is 0 Å². The van der Waals surface area contributed by atoms with Gasteiger partial charge in [0.25, 0.3) is 0 Å². The summed E-state index contributed by atoms with van der Waals surface area (Å²) in [4.78, 5) is 23.6. The number of hydrogen-bond donors (Lipinski definition) is 2. The fraction of sp³-hybridized carbons (Fsp3) is 0.800. The molecule has 0 unspecified atom stereocenters. The molecule has 0 aromatic heterocycles. The largest absolute Gasteiger partial charge is 0.480 e. The lowest BCUT2D eigenvalue weighted by Gasteiger charge is -2.31. The molecule has 86 valence electrons. The van der Waals surface area contributed by atoms with E-state index in [1.807, 2.05) is 13.8 Å². The van der Waals surface area contributed by atoms with Crippen molar-refractivity contribution in [3.63, 3.8) is 0 Å². The van der Waals surface area contributed by atoms with Crippen LogP contribution in [0.3, 0.4) is 0 Å². The highest BCUT2D eigenvalue weighted by Gasteiger charge is 2.25. The SMILES string of the molecule is CC(C)N(CC(=O)O)C(=O)NC1CCC1. The van der Waals surface area contributed by atoms with Gasteiger partial charge in [0.1, 0.15) is 6.54 Å². The minimum absolute atomic E-state index is 0.0961. The van der Waals surface area contributed by atoms with Gasteiger partial charge in [0, 0.05) is 12.1 Å². The van der Waals surface area contributed by atoms with Gasteiger partial charge in [-0.05, 0) is 33.1 Å². The van der Waals surface area contributed by atoms with Crippen LogP contribution < -0.4 is 5.32 Å². The monoisotopic (exact) mass is 214 g/mol. The van der Waals surface area contributed by atoms with Crippen LogP contribution in [-0.4, -0.2) is 40.6 Å². The van der Waals surface area contributed by atoms with Crippen LogP contribution in [0.25, 0.3) is 0 Å². The normalized spacial score (nSPS) is 15.9. The smallest absolute Gasteiger partial charge is 0.323 e. The maximum atomic E-state index is 11.7. The Kier molecular flexibility index (Phi) is 3.94. The molecule has 0 aromatic rings. The Morgan fingerprint density at radius 1 is 1.47 bits per heavy atom. The molecular weight excluding hydrogens is 196 g/mol. The first-order valence-electron chi connectivity index (χ1n) is 5.29. The molecule has 15 heavy (non-hydrogen) atoms. The minimum Gasteiger partial charge on any atom is -0.480 e. The molecule has 0 bridgehead atoms. The molecule has 1 saturated carbocycles. The first-order valence-corrected chi connectivity index (χ1v) is 5.29. The van der Waals surface area contributed by atoms with Crippen molar-refractivity contribution in [1.82, 2.24) is 10.2 Å². The number of carboxylic acids is 1. The van der Waals surface area contributed by atoms with E-state index < -0.39 is 5.97 Å². The third-order valence-electron chi connectivity index (χ3n) is 2.62. The van der Waals surface area contributed by atoms with Crippen molar-refractivity contribution >= 4 is 12.0 Å². The Bertz CT molecular complexity index is 249. The highest BCUT2D eigenvalue weighted by molar-refractivity contribution is 5.80. The Labute approximate surface area is 89.4 Å². The van der Waals surface area contributed by atoms with Gasteiger partial charge < -0.3 is 15.3 Å². The van der Waals surface area contributed by atoms with Crippen LogP contribution >= 0.6 is 0 Å². The quantitative estimate of drug-likeness (QED) is 0.734. The number of carboxylic acid groups (broad SMARTS) is 1. The molecule has 5 nitrogen and oxygen atoms in total. The van der Waals surface area contributed by atoms with Crippen molar-refractivity contribution in [3.8, 4) is 0 Å². The van der Waals surface area contributed by atoms with Gasteiger partial charge in [-0.1, -0.05) is 0 Å². The zero-order chi connectivity index (χ0) is 11.4. The summed E-state index contributed by atoms with van der Waals surface area (Å²) < 4.78 is 0. The van der Waals surface area contributed by atoms with E-state index in [0.717, 1.165) is 19.3 Å². The number of rotatable bonds is 4. The summed E-state index contributed by atoms with van der Waals surface area (Å²) in [5.41, 5.74) is 0. The zero-order valence-corrected chi connectivity index (χ0v) is 9.19. The third-order valence-corrected chi connectivity index (χ3v) is 2.62. The number of amides is 2. The van der Waals surface area contributed by atoms with Crippen LogP contribution in [0, 0.1) is 0 Å². The lowest BCUT2D eigenvalue weighted by Crippen LogP contribution is -2.51. The van der Waals surface area contributed by atoms with Crippen molar-refractivity contribution in [1.29, 1.82) is 0 Å². The fourth-order valence-corrected chi connectivity index (χ4v) is 1.44. The van der Waals surface area contributed by atoms with Gasteiger partial charge in [0.15, 0.2) is 0 Å². The predicted molar refractivity (Wildman–Crippen MR) is 55.6 cm³/mol. The van der Waals surface area contributed by atoms with Crippen molar-refractivity contribution in [2.45, 2.75) is 45.2 Å². The Hall–Kier alpha value is -1.26. The first kappa shape index (κ1) is 11.8. The Balaban J connectivity index is 2.46.